The van der Waals surface area contributed by atoms with Crippen LogP contribution >= 0.6 is 7.82 Å². The molecular formula is C47H89O13P. The molecule has 0 aromatic heterocycles. The molecule has 0 aromatic carbocycles. The number of allylic oxidation sites excluding steroid dienone is 2. The van der Waals surface area contributed by atoms with E-state index in [0.29, 0.717) is 12.8 Å². The number of phosphoric acid groups is 1. The van der Waals surface area contributed by atoms with Gasteiger partial charge in [0.1, 0.15) is 43.2 Å². The summed E-state index contributed by atoms with van der Waals surface area (Å²) >= 11 is 0. The molecule has 6 unspecified atom stereocenters. The van der Waals surface area contributed by atoms with Crippen molar-refractivity contribution < 1.29 is 63.1 Å². The maximum Gasteiger partial charge on any atom is 0.472 e. The molecule has 0 radical (unpaired) electrons. The summed E-state index contributed by atoms with van der Waals surface area (Å²) in [6.45, 7) is 3.27. The van der Waals surface area contributed by atoms with Crippen molar-refractivity contribution in [1.29, 1.82) is 0 Å². The number of unbranched alkanes of at least 4 members (excludes halogenated alkanes) is 27. The van der Waals surface area contributed by atoms with Crippen molar-refractivity contribution in [2.45, 2.75) is 262 Å². The van der Waals surface area contributed by atoms with E-state index in [1.165, 1.54) is 122 Å². The van der Waals surface area contributed by atoms with Crippen molar-refractivity contribution in [2.75, 3.05) is 13.2 Å². The summed E-state index contributed by atoms with van der Waals surface area (Å²) in [4.78, 5) is 35.7. The van der Waals surface area contributed by atoms with E-state index in [0.717, 1.165) is 57.8 Å². The second-order valence-corrected chi connectivity index (χ2v) is 18.7. The Hall–Kier alpha value is -1.41. The van der Waals surface area contributed by atoms with Gasteiger partial charge in [0, 0.05) is 12.8 Å². The Morgan fingerprint density at radius 1 is 0.492 bits per heavy atom. The Labute approximate surface area is 369 Å². The first-order valence-electron chi connectivity index (χ1n) is 24.5. The van der Waals surface area contributed by atoms with Crippen molar-refractivity contribution in [3.8, 4) is 0 Å². The van der Waals surface area contributed by atoms with E-state index in [1.807, 2.05) is 0 Å². The number of ether oxygens (including phenoxy) is 2. The lowest BCUT2D eigenvalue weighted by atomic mass is 9.85. The van der Waals surface area contributed by atoms with Gasteiger partial charge in [-0.15, -0.1) is 0 Å². The van der Waals surface area contributed by atoms with Crippen LogP contribution in [0.5, 0.6) is 0 Å². The Kier molecular flexibility index (Phi) is 35.8. The second kappa shape index (κ2) is 37.9. The molecule has 8 atom stereocenters. The summed E-state index contributed by atoms with van der Waals surface area (Å²) in [6, 6.07) is 0. The average Bonchev–Trinajstić information content (AvgIpc) is 3.24. The molecule has 1 rings (SSSR count). The number of phosphoric ester groups is 1. The van der Waals surface area contributed by atoms with Gasteiger partial charge < -0.3 is 39.9 Å². The molecule has 14 heteroatoms. The molecule has 1 saturated carbocycles. The van der Waals surface area contributed by atoms with E-state index in [-0.39, 0.29) is 12.8 Å². The van der Waals surface area contributed by atoms with Crippen LogP contribution in [0, 0.1) is 0 Å². The first-order valence-corrected chi connectivity index (χ1v) is 26.0. The van der Waals surface area contributed by atoms with Crippen molar-refractivity contribution in [3.05, 3.63) is 12.2 Å². The average molecular weight is 893 g/mol. The van der Waals surface area contributed by atoms with Gasteiger partial charge in [-0.05, 0) is 32.1 Å². The monoisotopic (exact) mass is 893 g/mol. The Bertz CT molecular complexity index is 1120. The fraction of sp³-hybridized carbons (Fsp3) is 0.915. The molecule has 1 fully saturated rings. The quantitative estimate of drug-likeness (QED) is 0.0146. The van der Waals surface area contributed by atoms with E-state index >= 15 is 0 Å². The summed E-state index contributed by atoms with van der Waals surface area (Å²) in [5, 5.41) is 50.1. The predicted molar refractivity (Wildman–Crippen MR) is 240 cm³/mol. The SMILES string of the molecule is CCCC/C=C/CCCCCCCC(=O)OC[C@H](COP(=O)(O)OC1C(O)C(O)C(O)[C@@H](O)C1O)OC(=O)CCCCCCCCCCCCCCCCCCCCCCC. The summed E-state index contributed by atoms with van der Waals surface area (Å²) < 4.78 is 33.5. The number of hydrogen-bond acceptors (Lipinski definition) is 12. The third-order valence-electron chi connectivity index (χ3n) is 11.6. The zero-order valence-electron chi connectivity index (χ0n) is 38.2. The van der Waals surface area contributed by atoms with E-state index in [2.05, 4.69) is 26.0 Å². The zero-order valence-corrected chi connectivity index (χ0v) is 39.1. The highest BCUT2D eigenvalue weighted by molar-refractivity contribution is 7.47. The number of esters is 2. The normalized spacial score (nSPS) is 22.0. The molecule has 1 aliphatic carbocycles. The van der Waals surface area contributed by atoms with Crippen LogP contribution in [0.3, 0.4) is 0 Å². The van der Waals surface area contributed by atoms with E-state index in [9.17, 15) is 44.6 Å². The first-order chi connectivity index (χ1) is 29.4. The molecule has 360 valence electrons. The molecule has 61 heavy (non-hydrogen) atoms. The van der Waals surface area contributed by atoms with Gasteiger partial charge in [-0.3, -0.25) is 18.6 Å². The number of aliphatic hydroxyl groups is 5. The van der Waals surface area contributed by atoms with Crippen LogP contribution in [-0.4, -0.2) is 98.3 Å². The van der Waals surface area contributed by atoms with Crippen LogP contribution in [0.2, 0.25) is 0 Å². The van der Waals surface area contributed by atoms with Crippen LogP contribution in [-0.2, 0) is 32.7 Å². The Morgan fingerprint density at radius 2 is 0.852 bits per heavy atom. The molecule has 13 nitrogen and oxygen atoms in total. The minimum Gasteiger partial charge on any atom is -0.462 e. The molecule has 0 saturated heterocycles. The molecule has 0 spiro atoms. The minimum atomic E-state index is -5.11. The highest BCUT2D eigenvalue weighted by Gasteiger charge is 2.51. The lowest BCUT2D eigenvalue weighted by Gasteiger charge is -2.41. The van der Waals surface area contributed by atoms with E-state index in [1.54, 1.807) is 0 Å². The number of rotatable bonds is 41. The van der Waals surface area contributed by atoms with Gasteiger partial charge in [0.2, 0.25) is 0 Å². The molecule has 0 aliphatic heterocycles. The number of hydrogen-bond donors (Lipinski definition) is 6. The third kappa shape index (κ3) is 30.4. The Balaban J connectivity index is 2.37. The number of aliphatic hydroxyl groups excluding tert-OH is 5. The number of carbonyl (C=O) groups excluding carboxylic acids is 2. The Morgan fingerprint density at radius 3 is 1.30 bits per heavy atom. The van der Waals surface area contributed by atoms with E-state index < -0.39 is 75.7 Å². The van der Waals surface area contributed by atoms with Crippen LogP contribution in [0.1, 0.15) is 219 Å². The lowest BCUT2D eigenvalue weighted by molar-refractivity contribution is -0.220. The maximum atomic E-state index is 12.8. The fourth-order valence-electron chi connectivity index (χ4n) is 7.62. The highest BCUT2D eigenvalue weighted by atomic mass is 31.2. The highest BCUT2D eigenvalue weighted by Crippen LogP contribution is 2.47. The molecule has 0 aromatic rings. The molecule has 0 amide bonds. The van der Waals surface area contributed by atoms with Gasteiger partial charge in [0.05, 0.1) is 6.61 Å². The molecule has 0 bridgehead atoms. The van der Waals surface area contributed by atoms with Gasteiger partial charge in [-0.2, -0.15) is 0 Å². The second-order valence-electron chi connectivity index (χ2n) is 17.3. The smallest absolute Gasteiger partial charge is 0.462 e. The first kappa shape index (κ1) is 57.6. The van der Waals surface area contributed by atoms with Gasteiger partial charge in [0.25, 0.3) is 0 Å². The minimum absolute atomic E-state index is 0.101. The summed E-state index contributed by atoms with van der Waals surface area (Å²) in [5.74, 6) is -1.10. The summed E-state index contributed by atoms with van der Waals surface area (Å²) in [7, 11) is -5.11. The van der Waals surface area contributed by atoms with Gasteiger partial charge in [-0.1, -0.05) is 187 Å². The predicted octanol–water partition coefficient (Wildman–Crippen LogP) is 9.84. The molecule has 0 heterocycles. The van der Waals surface area contributed by atoms with Gasteiger partial charge >= 0.3 is 19.8 Å². The van der Waals surface area contributed by atoms with Crippen LogP contribution in [0.4, 0.5) is 0 Å². The van der Waals surface area contributed by atoms with E-state index in [4.69, 9.17) is 18.5 Å². The van der Waals surface area contributed by atoms with Crippen LogP contribution < -0.4 is 0 Å². The van der Waals surface area contributed by atoms with Crippen molar-refractivity contribution >= 4 is 19.8 Å². The van der Waals surface area contributed by atoms with Crippen molar-refractivity contribution in [3.63, 3.8) is 0 Å². The largest absolute Gasteiger partial charge is 0.472 e. The molecule has 1 aliphatic rings. The van der Waals surface area contributed by atoms with Gasteiger partial charge in [0.15, 0.2) is 6.10 Å². The lowest BCUT2D eigenvalue weighted by Crippen LogP contribution is -2.64. The topological polar surface area (TPSA) is 210 Å². The summed E-state index contributed by atoms with van der Waals surface area (Å²) in [5.41, 5.74) is 0. The molecule has 6 N–H and O–H groups in total. The number of carbonyl (C=O) groups is 2. The zero-order chi connectivity index (χ0) is 45.0. The van der Waals surface area contributed by atoms with Crippen LogP contribution in [0.15, 0.2) is 12.2 Å². The fourth-order valence-corrected chi connectivity index (χ4v) is 8.60. The van der Waals surface area contributed by atoms with Crippen molar-refractivity contribution in [1.82, 2.24) is 0 Å². The van der Waals surface area contributed by atoms with Gasteiger partial charge in [-0.25, -0.2) is 4.57 Å². The molecular weight excluding hydrogens is 803 g/mol. The van der Waals surface area contributed by atoms with Crippen LogP contribution in [0.25, 0.3) is 0 Å². The standard InChI is InChI=1S/C47H89O13P/c1-3-5-7-9-11-13-15-16-17-18-19-20-21-22-23-24-26-28-30-32-34-36-41(49)59-39(37-57-40(48)35-33-31-29-27-25-14-12-10-8-6-4-2)38-58-61(55,56)60-47-45(53)43(51)42(50)44(52)46(47)54/h10,12,39,42-47,50-54H,3-9,11,13-38H2,1-2H3,(H,55,56)/b12-10+/t39-,42?,43-,44?,45?,46?,47?/m1/s1. The summed E-state index contributed by atoms with van der Waals surface area (Å²) in [6.07, 6.45) is 27.1. The maximum absolute atomic E-state index is 12.8. The third-order valence-corrected chi connectivity index (χ3v) is 12.6. The van der Waals surface area contributed by atoms with Crippen molar-refractivity contribution in [2.24, 2.45) is 0 Å².